The summed E-state index contributed by atoms with van der Waals surface area (Å²) >= 11 is 5.26. The van der Waals surface area contributed by atoms with Crippen LogP contribution in [-0.4, -0.2) is 34.6 Å². The van der Waals surface area contributed by atoms with Crippen LogP contribution in [-0.2, 0) is 10.5 Å². The maximum Gasteiger partial charge on any atom is 0.232 e. The zero-order valence-corrected chi connectivity index (χ0v) is 16.3. The number of fused-ring (bicyclic) bond motifs is 1. The van der Waals surface area contributed by atoms with Crippen molar-refractivity contribution in [1.29, 1.82) is 0 Å². The highest BCUT2D eigenvalue weighted by Crippen LogP contribution is 2.33. The number of aromatic nitrogens is 1. The van der Waals surface area contributed by atoms with Gasteiger partial charge in [-0.3, -0.25) is 4.79 Å². The monoisotopic (exact) mass is 388 g/mol. The third kappa shape index (κ3) is 4.07. The van der Waals surface area contributed by atoms with E-state index in [1.54, 1.807) is 34.4 Å². The van der Waals surface area contributed by atoms with Gasteiger partial charge in [-0.25, -0.2) is 4.98 Å². The highest BCUT2D eigenvalue weighted by molar-refractivity contribution is 7.99. The maximum absolute atomic E-state index is 12.6. The molecule has 0 bridgehead atoms. The first-order chi connectivity index (χ1) is 12.3. The highest BCUT2D eigenvalue weighted by Gasteiger charge is 2.26. The molecule has 1 saturated heterocycles. The molecule has 1 fully saturated rings. The van der Waals surface area contributed by atoms with Crippen LogP contribution in [0.5, 0.6) is 0 Å². The lowest BCUT2D eigenvalue weighted by molar-refractivity contribution is -0.129. The van der Waals surface area contributed by atoms with Crippen LogP contribution >= 0.6 is 34.4 Å². The van der Waals surface area contributed by atoms with E-state index in [0.717, 1.165) is 37.2 Å². The quantitative estimate of drug-likeness (QED) is 0.617. The van der Waals surface area contributed by atoms with E-state index in [-0.39, 0.29) is 5.91 Å². The van der Waals surface area contributed by atoms with Crippen molar-refractivity contribution >= 4 is 50.6 Å². The zero-order valence-electron chi connectivity index (χ0n) is 13.9. The standard InChI is InChI=1S/C19H20N2OS3/c22-18(13-23-12-15-6-4-10-24-15)21-9-3-5-14(11-21)19-20-16-7-1-2-8-17(16)25-19/h1-2,4,6-8,10,14H,3,5,9,11-13H2/t14-/m1/s1. The van der Waals surface area contributed by atoms with E-state index in [1.807, 2.05) is 11.0 Å². The van der Waals surface area contributed by atoms with Crippen LogP contribution in [0.4, 0.5) is 0 Å². The summed E-state index contributed by atoms with van der Waals surface area (Å²) in [4.78, 5) is 20.8. The second kappa shape index (κ2) is 7.89. The average Bonchev–Trinajstić information content (AvgIpc) is 3.31. The number of thiazole rings is 1. The van der Waals surface area contributed by atoms with E-state index < -0.39 is 0 Å². The predicted octanol–water partition coefficient (Wildman–Crippen LogP) is 5.00. The summed E-state index contributed by atoms with van der Waals surface area (Å²) in [5.74, 6) is 2.16. The van der Waals surface area contributed by atoms with E-state index in [2.05, 4.69) is 35.7 Å². The Hall–Kier alpha value is -1.37. The number of piperidine rings is 1. The van der Waals surface area contributed by atoms with E-state index in [4.69, 9.17) is 4.98 Å². The molecular formula is C19H20N2OS3. The minimum Gasteiger partial charge on any atom is -0.341 e. The Morgan fingerprint density at radius 2 is 2.20 bits per heavy atom. The number of carbonyl (C=O) groups is 1. The third-order valence-corrected chi connectivity index (χ3v) is 7.71. The first-order valence-electron chi connectivity index (χ1n) is 8.53. The molecule has 0 unspecified atom stereocenters. The van der Waals surface area contributed by atoms with Gasteiger partial charge in [0.05, 0.1) is 21.0 Å². The molecule has 3 aromatic rings. The Morgan fingerprint density at radius 3 is 3.04 bits per heavy atom. The first kappa shape index (κ1) is 17.1. The molecule has 3 heterocycles. The van der Waals surface area contributed by atoms with Gasteiger partial charge < -0.3 is 4.90 Å². The van der Waals surface area contributed by atoms with Gasteiger partial charge in [0, 0.05) is 29.6 Å². The fourth-order valence-electron chi connectivity index (χ4n) is 3.19. The summed E-state index contributed by atoms with van der Waals surface area (Å²) in [7, 11) is 0. The minimum atomic E-state index is 0.271. The van der Waals surface area contributed by atoms with Crippen LogP contribution in [0.3, 0.4) is 0 Å². The topological polar surface area (TPSA) is 33.2 Å². The van der Waals surface area contributed by atoms with Crippen molar-refractivity contribution in [1.82, 2.24) is 9.88 Å². The number of likely N-dealkylation sites (tertiary alicyclic amines) is 1. The second-order valence-electron chi connectivity index (χ2n) is 6.27. The summed E-state index contributed by atoms with van der Waals surface area (Å²) in [5, 5.41) is 3.27. The molecule has 0 aliphatic carbocycles. The van der Waals surface area contributed by atoms with Crippen LogP contribution in [0.2, 0.25) is 0 Å². The molecule has 0 N–H and O–H groups in total. The molecule has 1 aliphatic rings. The number of para-hydroxylation sites is 1. The van der Waals surface area contributed by atoms with Crippen molar-refractivity contribution in [2.24, 2.45) is 0 Å². The number of thiophene rings is 1. The maximum atomic E-state index is 12.6. The van der Waals surface area contributed by atoms with Crippen LogP contribution < -0.4 is 0 Å². The van der Waals surface area contributed by atoms with Crippen molar-refractivity contribution in [2.75, 3.05) is 18.8 Å². The van der Waals surface area contributed by atoms with Crippen molar-refractivity contribution < 1.29 is 4.79 Å². The molecule has 130 valence electrons. The van der Waals surface area contributed by atoms with E-state index >= 15 is 0 Å². The van der Waals surface area contributed by atoms with Crippen LogP contribution in [0.25, 0.3) is 10.2 Å². The molecule has 1 atom stereocenters. The first-order valence-corrected chi connectivity index (χ1v) is 11.4. The molecular weight excluding hydrogens is 368 g/mol. The molecule has 1 aromatic carbocycles. The molecule has 1 aliphatic heterocycles. The smallest absolute Gasteiger partial charge is 0.232 e. The fourth-order valence-corrected chi connectivity index (χ4v) is 6.06. The van der Waals surface area contributed by atoms with Crippen molar-refractivity contribution in [2.45, 2.75) is 24.5 Å². The molecule has 0 saturated carbocycles. The lowest BCUT2D eigenvalue weighted by atomic mass is 9.99. The van der Waals surface area contributed by atoms with Crippen LogP contribution in [0, 0.1) is 0 Å². The van der Waals surface area contributed by atoms with E-state index in [9.17, 15) is 4.79 Å². The Balaban J connectivity index is 1.36. The minimum absolute atomic E-state index is 0.271. The largest absolute Gasteiger partial charge is 0.341 e. The molecule has 1 amide bonds. The number of rotatable bonds is 5. The van der Waals surface area contributed by atoms with Gasteiger partial charge in [0.1, 0.15) is 0 Å². The molecule has 25 heavy (non-hydrogen) atoms. The van der Waals surface area contributed by atoms with Gasteiger partial charge in [-0.15, -0.1) is 34.4 Å². The number of nitrogens with zero attached hydrogens (tertiary/aromatic N) is 2. The lowest BCUT2D eigenvalue weighted by Gasteiger charge is -2.31. The lowest BCUT2D eigenvalue weighted by Crippen LogP contribution is -2.40. The molecule has 0 radical (unpaired) electrons. The number of thioether (sulfide) groups is 1. The van der Waals surface area contributed by atoms with Gasteiger partial charge in [0.2, 0.25) is 5.91 Å². The van der Waals surface area contributed by atoms with Crippen molar-refractivity contribution in [3.8, 4) is 0 Å². The third-order valence-electron chi connectivity index (χ3n) is 4.48. The summed E-state index contributed by atoms with van der Waals surface area (Å²) < 4.78 is 1.24. The van der Waals surface area contributed by atoms with E-state index in [0.29, 0.717) is 11.7 Å². The molecule has 0 spiro atoms. The van der Waals surface area contributed by atoms with Crippen LogP contribution in [0.15, 0.2) is 41.8 Å². The predicted molar refractivity (Wildman–Crippen MR) is 109 cm³/mol. The molecule has 4 rings (SSSR count). The Bertz CT molecular complexity index is 810. The van der Waals surface area contributed by atoms with E-state index in [1.165, 1.54) is 14.6 Å². The highest BCUT2D eigenvalue weighted by atomic mass is 32.2. The number of hydrogen-bond acceptors (Lipinski definition) is 5. The summed E-state index contributed by atoms with van der Waals surface area (Å²) in [6, 6.07) is 12.5. The molecule has 3 nitrogen and oxygen atoms in total. The van der Waals surface area contributed by atoms with Crippen molar-refractivity contribution in [3.63, 3.8) is 0 Å². The Morgan fingerprint density at radius 1 is 1.28 bits per heavy atom. The average molecular weight is 389 g/mol. The van der Waals surface area contributed by atoms with Gasteiger partial charge in [-0.2, -0.15) is 0 Å². The van der Waals surface area contributed by atoms with Gasteiger partial charge >= 0.3 is 0 Å². The molecule has 2 aromatic heterocycles. The Labute approximate surface area is 160 Å². The number of amides is 1. The zero-order chi connectivity index (χ0) is 17.1. The summed E-state index contributed by atoms with van der Waals surface area (Å²) in [6.07, 6.45) is 2.20. The normalized spacial score (nSPS) is 17.9. The molecule has 6 heteroatoms. The Kier molecular flexibility index (Phi) is 5.39. The summed E-state index contributed by atoms with van der Waals surface area (Å²) in [6.45, 7) is 1.71. The fraction of sp³-hybridized carbons (Fsp3) is 0.368. The number of hydrogen-bond donors (Lipinski definition) is 0. The van der Waals surface area contributed by atoms with Gasteiger partial charge in [0.15, 0.2) is 0 Å². The van der Waals surface area contributed by atoms with Crippen LogP contribution in [0.1, 0.15) is 28.6 Å². The van der Waals surface area contributed by atoms with Crippen molar-refractivity contribution in [3.05, 3.63) is 51.7 Å². The SMILES string of the molecule is O=C(CSCc1cccs1)N1CCC[C@@H](c2nc3ccccc3s2)C1. The van der Waals surface area contributed by atoms with Gasteiger partial charge in [-0.05, 0) is 36.4 Å². The van der Waals surface area contributed by atoms with Gasteiger partial charge in [0.25, 0.3) is 0 Å². The second-order valence-corrected chi connectivity index (χ2v) is 9.35. The summed E-state index contributed by atoms with van der Waals surface area (Å²) in [5.41, 5.74) is 1.08. The number of benzene rings is 1. The number of carbonyl (C=O) groups excluding carboxylic acids is 1. The van der Waals surface area contributed by atoms with Gasteiger partial charge in [-0.1, -0.05) is 18.2 Å².